The number of rotatable bonds is 10. The van der Waals surface area contributed by atoms with Crippen molar-refractivity contribution in [2.45, 2.75) is 33.6 Å². The number of nitrogens with one attached hydrogen (secondary N) is 2. The Bertz CT molecular complexity index is 854. The smallest absolute Gasteiger partial charge is 0.341 e. The van der Waals surface area contributed by atoms with Crippen molar-refractivity contribution in [1.82, 2.24) is 9.97 Å². The molecule has 0 bridgehead atoms. The topological polar surface area (TPSA) is 120 Å². The first kappa shape index (κ1) is 22.3. The van der Waals surface area contributed by atoms with Crippen molar-refractivity contribution in [3.05, 3.63) is 34.5 Å². The molecule has 0 aromatic carbocycles. The summed E-state index contributed by atoms with van der Waals surface area (Å²) in [6, 6.07) is 1.68. The molecule has 2 heterocycles. The number of esters is 2. The minimum atomic E-state index is -0.536. The van der Waals surface area contributed by atoms with E-state index in [-0.39, 0.29) is 19.6 Å². The number of nitrogens with zero attached hydrogens (tertiary/aromatic N) is 2. The lowest BCUT2D eigenvalue weighted by Crippen LogP contribution is -2.22. The van der Waals surface area contributed by atoms with Gasteiger partial charge in [0.25, 0.3) is 5.91 Å². The highest BCUT2D eigenvalue weighted by molar-refractivity contribution is 7.16. The molecule has 10 heteroatoms. The standard InChI is InChI=1S/C19H24N4O5S/c1-4-13-12(3)29-17(16(13)18(26)27-5-2)23-14(24)11-28-15(25)7-10-22-19-20-8-6-9-21-19/h6,8-9H,4-5,7,10-11H2,1-3H3,(H,23,24)(H,20,21,22). The van der Waals surface area contributed by atoms with Gasteiger partial charge in [-0.25, -0.2) is 14.8 Å². The average molecular weight is 420 g/mol. The summed E-state index contributed by atoms with van der Waals surface area (Å²) >= 11 is 1.30. The zero-order chi connectivity index (χ0) is 21.2. The Labute approximate surface area is 172 Å². The SMILES string of the molecule is CCOC(=O)c1c(NC(=O)COC(=O)CCNc2ncccn2)sc(C)c1CC. The molecule has 29 heavy (non-hydrogen) atoms. The highest BCUT2D eigenvalue weighted by Crippen LogP contribution is 2.34. The van der Waals surface area contributed by atoms with Crippen LogP contribution in [0.5, 0.6) is 0 Å². The van der Waals surface area contributed by atoms with Gasteiger partial charge in [0.2, 0.25) is 5.95 Å². The Kier molecular flexibility index (Phi) is 8.53. The van der Waals surface area contributed by atoms with E-state index < -0.39 is 24.5 Å². The number of anilines is 2. The van der Waals surface area contributed by atoms with Gasteiger partial charge in [-0.05, 0) is 31.9 Å². The zero-order valence-electron chi connectivity index (χ0n) is 16.6. The molecule has 156 valence electrons. The Morgan fingerprint density at radius 3 is 2.52 bits per heavy atom. The first-order valence-corrected chi connectivity index (χ1v) is 10.0. The normalized spacial score (nSPS) is 10.3. The summed E-state index contributed by atoms with van der Waals surface area (Å²) in [5.41, 5.74) is 1.21. The number of aromatic nitrogens is 2. The van der Waals surface area contributed by atoms with Gasteiger partial charge in [0.15, 0.2) is 6.61 Å². The van der Waals surface area contributed by atoms with Crippen LogP contribution < -0.4 is 10.6 Å². The number of thiophene rings is 1. The molecule has 1 amide bonds. The molecule has 2 rings (SSSR count). The Morgan fingerprint density at radius 2 is 1.86 bits per heavy atom. The monoisotopic (exact) mass is 420 g/mol. The maximum atomic E-state index is 12.3. The third-order valence-corrected chi connectivity index (χ3v) is 4.90. The highest BCUT2D eigenvalue weighted by atomic mass is 32.1. The summed E-state index contributed by atoms with van der Waals surface area (Å²) in [6.07, 6.45) is 3.86. The van der Waals surface area contributed by atoms with Gasteiger partial charge in [-0.3, -0.25) is 9.59 Å². The molecule has 9 nitrogen and oxygen atoms in total. The van der Waals surface area contributed by atoms with Crippen LogP contribution >= 0.6 is 11.3 Å². The molecule has 0 aliphatic carbocycles. The summed E-state index contributed by atoms with van der Waals surface area (Å²) in [6.45, 7) is 5.61. The number of aryl methyl sites for hydroxylation is 1. The molecule has 0 saturated heterocycles. The lowest BCUT2D eigenvalue weighted by Gasteiger charge is -2.09. The number of hydrogen-bond acceptors (Lipinski definition) is 9. The molecular formula is C19H24N4O5S. The first-order chi connectivity index (χ1) is 14.0. The summed E-state index contributed by atoms with van der Waals surface area (Å²) < 4.78 is 10.1. The number of carbonyl (C=O) groups is 3. The molecule has 0 fully saturated rings. The number of hydrogen-bond donors (Lipinski definition) is 2. The first-order valence-electron chi connectivity index (χ1n) is 9.21. The van der Waals surface area contributed by atoms with Crippen LogP contribution in [-0.4, -0.2) is 47.6 Å². The molecule has 2 aromatic rings. The van der Waals surface area contributed by atoms with Gasteiger partial charge >= 0.3 is 11.9 Å². The molecular weight excluding hydrogens is 396 g/mol. The van der Waals surface area contributed by atoms with E-state index in [0.29, 0.717) is 22.9 Å². The van der Waals surface area contributed by atoms with Crippen LogP contribution in [0.2, 0.25) is 0 Å². The van der Waals surface area contributed by atoms with Gasteiger partial charge in [0.05, 0.1) is 18.6 Å². The van der Waals surface area contributed by atoms with Gasteiger partial charge in [0.1, 0.15) is 5.00 Å². The minimum absolute atomic E-state index is 0.0533. The van der Waals surface area contributed by atoms with Crippen LogP contribution in [0.25, 0.3) is 0 Å². The van der Waals surface area contributed by atoms with Gasteiger partial charge in [-0.15, -0.1) is 11.3 Å². The van der Waals surface area contributed by atoms with E-state index in [1.165, 1.54) is 11.3 Å². The Balaban J connectivity index is 1.85. The summed E-state index contributed by atoms with van der Waals surface area (Å²) in [5.74, 6) is -1.13. The van der Waals surface area contributed by atoms with Crippen LogP contribution in [0.1, 0.15) is 41.1 Å². The molecule has 0 unspecified atom stereocenters. The van der Waals surface area contributed by atoms with Crippen molar-refractivity contribution in [2.75, 3.05) is 30.4 Å². The maximum Gasteiger partial charge on any atom is 0.341 e. The van der Waals surface area contributed by atoms with Crippen molar-refractivity contribution >= 4 is 40.1 Å². The second-order valence-corrected chi connectivity index (χ2v) is 7.10. The third kappa shape index (κ3) is 6.53. The molecule has 0 saturated carbocycles. The number of ether oxygens (including phenoxy) is 2. The van der Waals surface area contributed by atoms with E-state index in [9.17, 15) is 14.4 Å². The second-order valence-electron chi connectivity index (χ2n) is 5.87. The quantitative estimate of drug-likeness (QED) is 0.563. The van der Waals surface area contributed by atoms with Crippen molar-refractivity contribution in [2.24, 2.45) is 0 Å². The fourth-order valence-corrected chi connectivity index (χ4v) is 3.71. The molecule has 0 aliphatic heterocycles. The molecule has 2 N–H and O–H groups in total. The van der Waals surface area contributed by atoms with E-state index >= 15 is 0 Å². The van der Waals surface area contributed by atoms with Gasteiger partial charge in [-0.1, -0.05) is 6.92 Å². The minimum Gasteiger partial charge on any atom is -0.462 e. The van der Waals surface area contributed by atoms with Crippen molar-refractivity contribution < 1.29 is 23.9 Å². The van der Waals surface area contributed by atoms with E-state index in [0.717, 1.165) is 10.4 Å². The van der Waals surface area contributed by atoms with Gasteiger partial charge in [0, 0.05) is 23.8 Å². The molecule has 0 aliphatic rings. The summed E-state index contributed by atoms with van der Waals surface area (Å²) in [4.78, 5) is 45.1. The van der Waals surface area contributed by atoms with Crippen LogP contribution in [0.15, 0.2) is 18.5 Å². The van der Waals surface area contributed by atoms with E-state index in [2.05, 4.69) is 20.6 Å². The van der Waals surface area contributed by atoms with E-state index in [4.69, 9.17) is 9.47 Å². The molecule has 2 aromatic heterocycles. The Morgan fingerprint density at radius 1 is 1.14 bits per heavy atom. The lowest BCUT2D eigenvalue weighted by molar-refractivity contribution is -0.147. The van der Waals surface area contributed by atoms with E-state index in [1.807, 2.05) is 13.8 Å². The Hall–Kier alpha value is -3.01. The highest BCUT2D eigenvalue weighted by Gasteiger charge is 2.23. The predicted molar refractivity (Wildman–Crippen MR) is 109 cm³/mol. The number of amides is 1. The van der Waals surface area contributed by atoms with Crippen molar-refractivity contribution in [1.29, 1.82) is 0 Å². The zero-order valence-corrected chi connectivity index (χ0v) is 17.4. The lowest BCUT2D eigenvalue weighted by atomic mass is 10.1. The van der Waals surface area contributed by atoms with E-state index in [1.54, 1.807) is 25.4 Å². The van der Waals surface area contributed by atoms with Crippen molar-refractivity contribution in [3.8, 4) is 0 Å². The number of carbonyl (C=O) groups excluding carboxylic acids is 3. The molecule has 0 atom stereocenters. The van der Waals surface area contributed by atoms with Gasteiger partial charge < -0.3 is 20.1 Å². The predicted octanol–water partition coefficient (Wildman–Crippen LogP) is 2.57. The fraction of sp³-hybridized carbons (Fsp3) is 0.421. The summed E-state index contributed by atoms with van der Waals surface area (Å²) in [5, 5.41) is 5.93. The fourth-order valence-electron chi connectivity index (χ4n) is 2.56. The van der Waals surface area contributed by atoms with Crippen LogP contribution in [0, 0.1) is 6.92 Å². The van der Waals surface area contributed by atoms with Crippen molar-refractivity contribution in [3.63, 3.8) is 0 Å². The third-order valence-electron chi connectivity index (χ3n) is 3.84. The summed E-state index contributed by atoms with van der Waals surface area (Å²) in [7, 11) is 0. The maximum absolute atomic E-state index is 12.3. The van der Waals surface area contributed by atoms with Crippen LogP contribution in [0.3, 0.4) is 0 Å². The average Bonchev–Trinajstić information content (AvgIpc) is 3.02. The van der Waals surface area contributed by atoms with Gasteiger partial charge in [-0.2, -0.15) is 0 Å². The second kappa shape index (κ2) is 11.1. The van der Waals surface area contributed by atoms with Crippen LogP contribution in [0.4, 0.5) is 10.9 Å². The molecule has 0 radical (unpaired) electrons. The van der Waals surface area contributed by atoms with Crippen LogP contribution in [-0.2, 0) is 25.5 Å². The molecule has 0 spiro atoms. The largest absolute Gasteiger partial charge is 0.462 e.